The van der Waals surface area contributed by atoms with Gasteiger partial charge in [0.25, 0.3) is 10.0 Å². The van der Waals surface area contributed by atoms with Gasteiger partial charge in [0.05, 0.1) is 4.90 Å². The van der Waals surface area contributed by atoms with Gasteiger partial charge in [0.1, 0.15) is 0 Å². The highest BCUT2D eigenvalue weighted by Crippen LogP contribution is 2.17. The highest BCUT2D eigenvalue weighted by Gasteiger charge is 2.20. The zero-order chi connectivity index (χ0) is 10.8. The number of halogens is 1. The number of hydrogen-bond donors (Lipinski definition) is 0. The first kappa shape index (κ1) is 11.5. The molecule has 5 heteroatoms. The first-order valence-electron chi connectivity index (χ1n) is 4.23. The summed E-state index contributed by atoms with van der Waals surface area (Å²) in [7, 11) is -3.51. The van der Waals surface area contributed by atoms with Gasteiger partial charge in [-0.1, -0.05) is 17.7 Å². The number of rotatable bonds is 3. The van der Waals surface area contributed by atoms with E-state index in [1.54, 1.807) is 31.2 Å². The third kappa shape index (κ3) is 2.26. The zero-order valence-electron chi connectivity index (χ0n) is 8.07. The third-order valence-electron chi connectivity index (χ3n) is 1.83. The fraction of sp³-hybridized carbons (Fsp3) is 0.333. The van der Waals surface area contributed by atoms with Crippen molar-refractivity contribution in [3.8, 4) is 0 Å². The van der Waals surface area contributed by atoms with E-state index in [0.717, 1.165) is 9.39 Å². The van der Waals surface area contributed by atoms with E-state index in [4.69, 9.17) is 11.8 Å². The molecule has 0 aromatic heterocycles. The summed E-state index contributed by atoms with van der Waals surface area (Å²) >= 11 is 5.58. The Hall–Kier alpha value is -0.580. The van der Waals surface area contributed by atoms with Crippen LogP contribution in [0.1, 0.15) is 12.5 Å². The maximum absolute atomic E-state index is 11.7. The molecule has 0 heterocycles. The van der Waals surface area contributed by atoms with Crippen LogP contribution in [0.25, 0.3) is 0 Å². The minimum absolute atomic E-state index is 0.222. The van der Waals surface area contributed by atoms with E-state index in [9.17, 15) is 8.42 Å². The van der Waals surface area contributed by atoms with E-state index in [1.807, 2.05) is 6.92 Å². The molecular weight excluding hydrogens is 222 g/mol. The topological polar surface area (TPSA) is 37.4 Å². The van der Waals surface area contributed by atoms with Gasteiger partial charge < -0.3 is 0 Å². The lowest BCUT2D eigenvalue weighted by atomic mass is 10.2. The van der Waals surface area contributed by atoms with E-state index < -0.39 is 10.0 Å². The summed E-state index contributed by atoms with van der Waals surface area (Å²) in [5, 5.41) is 0. The smallest absolute Gasteiger partial charge is 0.206 e. The molecule has 78 valence electrons. The molecule has 0 aliphatic carbocycles. The number of hydrogen-bond acceptors (Lipinski definition) is 2. The van der Waals surface area contributed by atoms with Gasteiger partial charge >= 0.3 is 0 Å². The van der Waals surface area contributed by atoms with Crippen molar-refractivity contribution >= 4 is 21.8 Å². The monoisotopic (exact) mass is 233 g/mol. The van der Waals surface area contributed by atoms with Gasteiger partial charge in [0.15, 0.2) is 0 Å². The number of sulfonamides is 1. The Morgan fingerprint density at radius 2 is 1.79 bits per heavy atom. The Bertz CT molecular complexity index is 399. The maximum Gasteiger partial charge on any atom is 0.256 e. The molecule has 0 saturated carbocycles. The van der Waals surface area contributed by atoms with Gasteiger partial charge in [-0.25, -0.2) is 8.42 Å². The van der Waals surface area contributed by atoms with E-state index in [-0.39, 0.29) is 11.4 Å². The molecule has 0 fully saturated rings. The molecule has 14 heavy (non-hydrogen) atoms. The SMILES string of the molecule is CCN(Cl)S(=O)(=O)c1ccc(C)cc1. The lowest BCUT2D eigenvalue weighted by Gasteiger charge is -2.11. The summed E-state index contributed by atoms with van der Waals surface area (Å²) in [6.07, 6.45) is 0. The van der Waals surface area contributed by atoms with E-state index in [2.05, 4.69) is 0 Å². The molecule has 0 bridgehead atoms. The first-order valence-corrected chi connectivity index (χ1v) is 6.01. The van der Waals surface area contributed by atoms with Crippen LogP contribution in [0.3, 0.4) is 0 Å². The molecule has 0 aliphatic rings. The minimum Gasteiger partial charge on any atom is -0.206 e. The average Bonchev–Trinajstić information content (AvgIpc) is 2.17. The second-order valence-electron chi connectivity index (χ2n) is 2.92. The Morgan fingerprint density at radius 1 is 1.29 bits per heavy atom. The summed E-state index contributed by atoms with van der Waals surface area (Å²) in [6.45, 7) is 3.82. The van der Waals surface area contributed by atoms with Crippen LogP contribution in [-0.2, 0) is 10.0 Å². The third-order valence-corrected chi connectivity index (χ3v) is 4.26. The Morgan fingerprint density at radius 3 is 2.21 bits per heavy atom. The number of benzene rings is 1. The van der Waals surface area contributed by atoms with Crippen LogP contribution in [0.5, 0.6) is 0 Å². The van der Waals surface area contributed by atoms with E-state index in [0.29, 0.717) is 0 Å². The van der Waals surface area contributed by atoms with Crippen molar-refractivity contribution in [2.75, 3.05) is 6.54 Å². The van der Waals surface area contributed by atoms with Crippen LogP contribution in [0.2, 0.25) is 0 Å². The fourth-order valence-corrected chi connectivity index (χ4v) is 2.28. The van der Waals surface area contributed by atoms with Crippen molar-refractivity contribution in [2.24, 2.45) is 0 Å². The quantitative estimate of drug-likeness (QED) is 0.751. The highest BCUT2D eigenvalue weighted by atomic mass is 35.5. The molecule has 1 rings (SSSR count). The first-order chi connectivity index (χ1) is 6.48. The predicted octanol–water partition coefficient (Wildman–Crippen LogP) is 2.16. The number of nitrogens with zero attached hydrogens (tertiary/aromatic N) is 1. The van der Waals surface area contributed by atoms with Gasteiger partial charge in [-0.3, -0.25) is 0 Å². The van der Waals surface area contributed by atoms with Crippen LogP contribution in [-0.4, -0.2) is 18.8 Å². The van der Waals surface area contributed by atoms with Gasteiger partial charge in [0.2, 0.25) is 0 Å². The van der Waals surface area contributed by atoms with E-state index >= 15 is 0 Å². The van der Waals surface area contributed by atoms with Crippen molar-refractivity contribution in [3.63, 3.8) is 0 Å². The summed E-state index contributed by atoms with van der Waals surface area (Å²) in [6, 6.07) is 6.59. The molecule has 1 aromatic carbocycles. The average molecular weight is 234 g/mol. The molecule has 3 nitrogen and oxygen atoms in total. The summed E-state index contributed by atoms with van der Waals surface area (Å²) in [5.41, 5.74) is 1.02. The normalized spacial score (nSPS) is 12.0. The van der Waals surface area contributed by atoms with Crippen molar-refractivity contribution in [2.45, 2.75) is 18.7 Å². The van der Waals surface area contributed by atoms with E-state index in [1.165, 1.54) is 0 Å². The molecule has 1 aromatic rings. The fourth-order valence-electron chi connectivity index (χ4n) is 0.995. The van der Waals surface area contributed by atoms with Crippen molar-refractivity contribution in [1.82, 2.24) is 3.82 Å². The predicted molar refractivity (Wildman–Crippen MR) is 56.6 cm³/mol. The van der Waals surface area contributed by atoms with Crippen LogP contribution in [0.4, 0.5) is 0 Å². The molecule has 0 saturated heterocycles. The largest absolute Gasteiger partial charge is 0.256 e. The summed E-state index contributed by atoms with van der Waals surface area (Å²) in [5.74, 6) is 0. The summed E-state index contributed by atoms with van der Waals surface area (Å²) < 4.78 is 24.1. The van der Waals surface area contributed by atoms with Crippen molar-refractivity contribution in [3.05, 3.63) is 29.8 Å². The van der Waals surface area contributed by atoms with Crippen LogP contribution >= 0.6 is 11.8 Å². The van der Waals surface area contributed by atoms with Gasteiger partial charge in [-0.05, 0) is 37.8 Å². The lowest BCUT2D eigenvalue weighted by molar-refractivity contribution is 0.545. The number of aryl methyl sites for hydroxylation is 1. The maximum atomic E-state index is 11.7. The van der Waals surface area contributed by atoms with Crippen LogP contribution in [0, 0.1) is 6.92 Å². The minimum atomic E-state index is -3.51. The zero-order valence-corrected chi connectivity index (χ0v) is 9.64. The van der Waals surface area contributed by atoms with Gasteiger partial charge in [-0.2, -0.15) is 0 Å². The molecule has 0 radical (unpaired) electrons. The molecule has 0 amide bonds. The molecule has 0 N–H and O–H groups in total. The van der Waals surface area contributed by atoms with Gasteiger partial charge in [0, 0.05) is 6.54 Å². The molecule has 0 atom stereocenters. The lowest BCUT2D eigenvalue weighted by Crippen LogP contribution is -2.21. The Kier molecular flexibility index (Phi) is 3.53. The Balaban J connectivity index is 3.11. The Labute approximate surface area is 89.5 Å². The second-order valence-corrected chi connectivity index (χ2v) is 5.39. The molecule has 0 spiro atoms. The highest BCUT2D eigenvalue weighted by molar-refractivity contribution is 7.90. The van der Waals surface area contributed by atoms with Crippen LogP contribution < -0.4 is 0 Å². The second kappa shape index (κ2) is 4.29. The van der Waals surface area contributed by atoms with Gasteiger partial charge in [-0.15, -0.1) is 3.82 Å². The summed E-state index contributed by atoms with van der Waals surface area (Å²) in [4.78, 5) is 0.222. The molecular formula is C9H12ClNO2S. The van der Waals surface area contributed by atoms with Crippen molar-refractivity contribution in [1.29, 1.82) is 0 Å². The van der Waals surface area contributed by atoms with Crippen LogP contribution in [0.15, 0.2) is 29.2 Å². The molecule has 0 unspecified atom stereocenters. The standard InChI is InChI=1S/C9H12ClNO2S/c1-3-11(10)14(12,13)9-6-4-8(2)5-7-9/h4-7H,3H2,1-2H3. The van der Waals surface area contributed by atoms with Crippen molar-refractivity contribution < 1.29 is 8.42 Å². The molecule has 0 aliphatic heterocycles.